The Morgan fingerprint density at radius 3 is 2.15 bits per heavy atom. The predicted octanol–water partition coefficient (Wildman–Crippen LogP) is 3.36. The molecule has 2 aromatic rings. The van der Waals surface area contributed by atoms with Gasteiger partial charge in [0.05, 0.1) is 16.3 Å². The van der Waals surface area contributed by atoms with Crippen molar-refractivity contribution in [3.63, 3.8) is 0 Å². The lowest BCUT2D eigenvalue weighted by atomic mass is 10.0. The number of hydrogen-bond acceptors (Lipinski definition) is 4. The van der Waals surface area contributed by atoms with Crippen molar-refractivity contribution in [2.24, 2.45) is 0 Å². The van der Waals surface area contributed by atoms with Gasteiger partial charge in [0.25, 0.3) is 10.0 Å². The maximum absolute atomic E-state index is 12.8. The Bertz CT molecular complexity index is 840. The summed E-state index contributed by atoms with van der Waals surface area (Å²) in [5, 5.41) is 0. The van der Waals surface area contributed by atoms with E-state index in [0.29, 0.717) is 11.6 Å². The van der Waals surface area contributed by atoms with Crippen molar-refractivity contribution in [1.29, 1.82) is 0 Å². The van der Waals surface area contributed by atoms with Crippen LogP contribution in [0.3, 0.4) is 0 Å². The molecule has 0 unspecified atom stereocenters. The summed E-state index contributed by atoms with van der Waals surface area (Å²) in [6, 6.07) is 14.7. The normalized spacial score (nSPS) is 16.1. The summed E-state index contributed by atoms with van der Waals surface area (Å²) in [5.41, 5.74) is 2.69. The van der Waals surface area contributed by atoms with Gasteiger partial charge in [-0.2, -0.15) is 0 Å². The van der Waals surface area contributed by atoms with E-state index in [1.807, 2.05) is 36.4 Å². The van der Waals surface area contributed by atoms with Crippen LogP contribution >= 0.6 is 0 Å². The Morgan fingerprint density at radius 1 is 0.923 bits per heavy atom. The molecule has 0 saturated carbocycles. The van der Waals surface area contributed by atoms with Crippen LogP contribution in [0.4, 0.5) is 11.4 Å². The first-order valence-corrected chi connectivity index (χ1v) is 10.5. The fourth-order valence-corrected chi connectivity index (χ4v) is 4.19. The first-order valence-electron chi connectivity index (χ1n) is 9.02. The number of rotatable bonds is 5. The van der Waals surface area contributed by atoms with E-state index >= 15 is 0 Å². The summed E-state index contributed by atoms with van der Waals surface area (Å²) in [7, 11) is -1.51. The topological polar surface area (TPSA) is 52.7 Å². The monoisotopic (exact) mass is 373 g/mol. The smallest absolute Gasteiger partial charge is 0.261 e. The van der Waals surface area contributed by atoms with Gasteiger partial charge in [-0.1, -0.05) is 38.1 Å². The van der Waals surface area contributed by atoms with E-state index in [1.54, 1.807) is 12.1 Å². The lowest BCUT2D eigenvalue weighted by Gasteiger charge is -2.35. The molecule has 140 valence electrons. The largest absolute Gasteiger partial charge is 0.367 e. The third-order valence-electron chi connectivity index (χ3n) is 4.85. The maximum atomic E-state index is 12.8. The fourth-order valence-electron chi connectivity index (χ4n) is 3.12. The van der Waals surface area contributed by atoms with Gasteiger partial charge in [0.1, 0.15) is 0 Å². The Balaban J connectivity index is 1.84. The zero-order chi connectivity index (χ0) is 18.7. The SMILES string of the molecule is CC(C)c1ccc(S(=O)(=O)Nc2ccccc2N2CCN(C)CC2)cc1. The Hall–Kier alpha value is -2.05. The molecule has 1 aliphatic heterocycles. The zero-order valence-corrected chi connectivity index (χ0v) is 16.5. The van der Waals surface area contributed by atoms with E-state index in [4.69, 9.17) is 0 Å². The lowest BCUT2D eigenvalue weighted by molar-refractivity contribution is 0.313. The van der Waals surface area contributed by atoms with Gasteiger partial charge in [0.2, 0.25) is 0 Å². The van der Waals surface area contributed by atoms with Crippen LogP contribution in [-0.4, -0.2) is 46.5 Å². The highest BCUT2D eigenvalue weighted by Gasteiger charge is 2.20. The number of likely N-dealkylation sites (N-methyl/N-ethyl adjacent to an activating group) is 1. The average molecular weight is 374 g/mol. The number of anilines is 2. The second kappa shape index (κ2) is 7.68. The maximum Gasteiger partial charge on any atom is 0.261 e. The first kappa shape index (κ1) is 18.7. The van der Waals surface area contributed by atoms with Crippen LogP contribution in [0.1, 0.15) is 25.3 Å². The van der Waals surface area contributed by atoms with Gasteiger partial charge >= 0.3 is 0 Å². The molecule has 0 bridgehead atoms. The third-order valence-corrected chi connectivity index (χ3v) is 6.23. The molecular formula is C20H27N3O2S. The summed E-state index contributed by atoms with van der Waals surface area (Å²) < 4.78 is 28.4. The van der Waals surface area contributed by atoms with Crippen molar-refractivity contribution < 1.29 is 8.42 Å². The molecule has 26 heavy (non-hydrogen) atoms. The second-order valence-corrected chi connectivity index (χ2v) is 8.82. The van der Waals surface area contributed by atoms with Gasteiger partial charge < -0.3 is 9.80 Å². The molecular weight excluding hydrogens is 346 g/mol. The van der Waals surface area contributed by atoms with E-state index in [1.165, 1.54) is 0 Å². The Morgan fingerprint density at radius 2 is 1.54 bits per heavy atom. The number of nitrogens with zero attached hydrogens (tertiary/aromatic N) is 2. The number of benzene rings is 2. The first-order chi connectivity index (χ1) is 12.4. The van der Waals surface area contributed by atoms with Crippen LogP contribution in [0.2, 0.25) is 0 Å². The summed E-state index contributed by atoms with van der Waals surface area (Å²) in [6.07, 6.45) is 0. The van der Waals surface area contributed by atoms with Gasteiger partial charge in [-0.15, -0.1) is 0 Å². The molecule has 5 nitrogen and oxygen atoms in total. The second-order valence-electron chi connectivity index (χ2n) is 7.14. The van der Waals surface area contributed by atoms with Gasteiger partial charge in [-0.3, -0.25) is 4.72 Å². The highest BCUT2D eigenvalue weighted by molar-refractivity contribution is 7.92. The quantitative estimate of drug-likeness (QED) is 0.873. The van der Waals surface area contributed by atoms with E-state index < -0.39 is 10.0 Å². The van der Waals surface area contributed by atoms with Gasteiger partial charge in [0, 0.05) is 26.2 Å². The molecule has 2 aromatic carbocycles. The molecule has 0 atom stereocenters. The predicted molar refractivity (Wildman–Crippen MR) is 107 cm³/mol. The molecule has 0 aromatic heterocycles. The fraction of sp³-hybridized carbons (Fsp3) is 0.400. The van der Waals surface area contributed by atoms with E-state index in [0.717, 1.165) is 37.4 Å². The minimum Gasteiger partial charge on any atom is -0.367 e. The Labute approximate surface area is 156 Å². The van der Waals surface area contributed by atoms with Gasteiger partial charge in [0.15, 0.2) is 0 Å². The zero-order valence-electron chi connectivity index (χ0n) is 15.6. The molecule has 1 saturated heterocycles. The van der Waals surface area contributed by atoms with Crippen molar-refractivity contribution in [3.05, 3.63) is 54.1 Å². The number of sulfonamides is 1. The summed E-state index contributed by atoms with van der Waals surface area (Å²) >= 11 is 0. The highest BCUT2D eigenvalue weighted by atomic mass is 32.2. The lowest BCUT2D eigenvalue weighted by Crippen LogP contribution is -2.44. The molecule has 1 fully saturated rings. The number of nitrogens with one attached hydrogen (secondary N) is 1. The van der Waals surface area contributed by atoms with E-state index in [9.17, 15) is 8.42 Å². The molecule has 1 N–H and O–H groups in total. The van der Waals surface area contributed by atoms with Gasteiger partial charge in [-0.05, 0) is 42.8 Å². The van der Waals surface area contributed by atoms with Crippen molar-refractivity contribution in [1.82, 2.24) is 4.90 Å². The van der Waals surface area contributed by atoms with Crippen LogP contribution in [0.25, 0.3) is 0 Å². The molecule has 0 aliphatic carbocycles. The van der Waals surface area contributed by atoms with Crippen LogP contribution in [-0.2, 0) is 10.0 Å². The molecule has 0 amide bonds. The standard InChI is InChI=1S/C20H27N3O2S/c1-16(2)17-8-10-18(11-9-17)26(24,25)21-19-6-4-5-7-20(19)23-14-12-22(3)13-15-23/h4-11,16,21H,12-15H2,1-3H3. The third kappa shape index (κ3) is 4.19. The van der Waals surface area contributed by atoms with Crippen molar-refractivity contribution in [2.45, 2.75) is 24.7 Å². The van der Waals surface area contributed by atoms with Gasteiger partial charge in [-0.25, -0.2) is 8.42 Å². The Kier molecular flexibility index (Phi) is 5.53. The highest BCUT2D eigenvalue weighted by Crippen LogP contribution is 2.29. The molecule has 3 rings (SSSR count). The summed E-state index contributed by atoms with van der Waals surface area (Å²) in [4.78, 5) is 4.80. The summed E-state index contributed by atoms with van der Waals surface area (Å²) in [6.45, 7) is 7.90. The van der Waals surface area contributed by atoms with Crippen LogP contribution in [0, 0.1) is 0 Å². The molecule has 1 heterocycles. The number of hydrogen-bond donors (Lipinski definition) is 1. The number of piperazine rings is 1. The van der Waals surface area contributed by atoms with Crippen LogP contribution in [0.5, 0.6) is 0 Å². The van der Waals surface area contributed by atoms with Crippen LogP contribution < -0.4 is 9.62 Å². The van der Waals surface area contributed by atoms with Crippen molar-refractivity contribution in [3.8, 4) is 0 Å². The minimum absolute atomic E-state index is 0.287. The van der Waals surface area contributed by atoms with E-state index in [2.05, 4.69) is 35.4 Å². The molecule has 0 spiro atoms. The van der Waals surface area contributed by atoms with Crippen molar-refractivity contribution >= 4 is 21.4 Å². The molecule has 0 radical (unpaired) electrons. The average Bonchev–Trinajstić information content (AvgIpc) is 2.63. The minimum atomic E-state index is -3.61. The van der Waals surface area contributed by atoms with E-state index in [-0.39, 0.29) is 4.90 Å². The molecule has 1 aliphatic rings. The summed E-state index contributed by atoms with van der Waals surface area (Å²) in [5.74, 6) is 0.373. The van der Waals surface area contributed by atoms with Crippen molar-refractivity contribution in [2.75, 3.05) is 42.8 Å². The van der Waals surface area contributed by atoms with Crippen LogP contribution in [0.15, 0.2) is 53.4 Å². The number of para-hydroxylation sites is 2. The molecule has 6 heteroatoms.